The van der Waals surface area contributed by atoms with Crippen LogP contribution in [0.3, 0.4) is 0 Å². The number of nitrogens with zero attached hydrogens (tertiary/aromatic N) is 3. The summed E-state index contributed by atoms with van der Waals surface area (Å²) >= 11 is 0. The van der Waals surface area contributed by atoms with Crippen molar-refractivity contribution in [1.29, 1.82) is 0 Å². The first kappa shape index (κ1) is 17.1. The summed E-state index contributed by atoms with van der Waals surface area (Å²) in [6.07, 6.45) is 1.84. The summed E-state index contributed by atoms with van der Waals surface area (Å²) in [5.74, 6) is -0.0734. The van der Waals surface area contributed by atoms with E-state index in [4.69, 9.17) is 0 Å². The molecule has 0 aliphatic rings. The van der Waals surface area contributed by atoms with Crippen LogP contribution in [-0.4, -0.2) is 26.7 Å². The lowest BCUT2D eigenvalue weighted by atomic mass is 10.1. The van der Waals surface area contributed by atoms with Gasteiger partial charge in [0.05, 0.1) is 17.0 Å². The molecule has 1 unspecified atom stereocenters. The quantitative estimate of drug-likeness (QED) is 0.777. The highest BCUT2D eigenvalue weighted by atomic mass is 16.1. The molecule has 0 aliphatic heterocycles. The molecular weight excluding hydrogens is 312 g/mol. The molecule has 1 N–H and O–H groups in total. The van der Waals surface area contributed by atoms with Crippen LogP contribution in [0.4, 0.5) is 0 Å². The molecule has 0 saturated carbocycles. The van der Waals surface area contributed by atoms with Gasteiger partial charge in [0, 0.05) is 18.5 Å². The van der Waals surface area contributed by atoms with Gasteiger partial charge in [0.2, 0.25) is 0 Å². The van der Waals surface area contributed by atoms with Crippen LogP contribution in [0.2, 0.25) is 0 Å². The number of aryl methyl sites for hydroxylation is 4. The number of carbonyl (C=O) groups excluding carboxylic acids is 1. The Hall–Kier alpha value is -2.69. The van der Waals surface area contributed by atoms with E-state index < -0.39 is 0 Å². The summed E-state index contributed by atoms with van der Waals surface area (Å²) in [4.78, 5) is 17.2. The fourth-order valence-electron chi connectivity index (χ4n) is 3.06. The standard InChI is InChI=1S/C20H24N4O/c1-13(10-11-16-8-6-5-7-9-16)21-20(25)18-12-17-15(3)23-24(4)19(17)22-14(18)2/h5-9,12-13H,10-11H2,1-4H3,(H,21,25). The smallest absolute Gasteiger partial charge is 0.253 e. The molecular formula is C20H24N4O. The van der Waals surface area contributed by atoms with Gasteiger partial charge in [-0.1, -0.05) is 30.3 Å². The van der Waals surface area contributed by atoms with E-state index in [2.05, 4.69) is 27.5 Å². The zero-order valence-electron chi connectivity index (χ0n) is 15.2. The Morgan fingerprint density at radius 1 is 1.20 bits per heavy atom. The molecule has 0 aliphatic carbocycles. The molecule has 1 atom stereocenters. The number of amides is 1. The van der Waals surface area contributed by atoms with E-state index in [1.54, 1.807) is 4.68 Å². The topological polar surface area (TPSA) is 59.8 Å². The third-order valence-electron chi connectivity index (χ3n) is 4.52. The summed E-state index contributed by atoms with van der Waals surface area (Å²) in [7, 11) is 1.87. The zero-order chi connectivity index (χ0) is 18.0. The molecule has 3 aromatic rings. The fraction of sp³-hybridized carbons (Fsp3) is 0.350. The predicted molar refractivity (Wildman–Crippen MR) is 99.7 cm³/mol. The van der Waals surface area contributed by atoms with Gasteiger partial charge in [-0.25, -0.2) is 4.98 Å². The van der Waals surface area contributed by atoms with Crippen LogP contribution in [0, 0.1) is 13.8 Å². The minimum absolute atomic E-state index is 0.0734. The van der Waals surface area contributed by atoms with E-state index in [-0.39, 0.29) is 11.9 Å². The lowest BCUT2D eigenvalue weighted by Gasteiger charge is -2.15. The van der Waals surface area contributed by atoms with Gasteiger partial charge < -0.3 is 5.32 Å². The van der Waals surface area contributed by atoms with E-state index >= 15 is 0 Å². The maximum atomic E-state index is 12.7. The van der Waals surface area contributed by atoms with Crippen LogP contribution in [0.25, 0.3) is 11.0 Å². The van der Waals surface area contributed by atoms with Crippen LogP contribution in [0.1, 0.15) is 40.7 Å². The summed E-state index contributed by atoms with van der Waals surface area (Å²) in [6.45, 7) is 5.84. The van der Waals surface area contributed by atoms with Gasteiger partial charge in [-0.15, -0.1) is 0 Å². The number of nitrogens with one attached hydrogen (secondary N) is 1. The minimum atomic E-state index is -0.0734. The van der Waals surface area contributed by atoms with Gasteiger partial charge in [-0.3, -0.25) is 9.48 Å². The Morgan fingerprint density at radius 2 is 1.92 bits per heavy atom. The Morgan fingerprint density at radius 3 is 2.64 bits per heavy atom. The number of rotatable bonds is 5. The molecule has 0 bridgehead atoms. The monoisotopic (exact) mass is 336 g/mol. The predicted octanol–water partition coefficient (Wildman–Crippen LogP) is 3.34. The van der Waals surface area contributed by atoms with Crippen LogP contribution < -0.4 is 5.32 Å². The van der Waals surface area contributed by atoms with Gasteiger partial charge in [0.25, 0.3) is 5.91 Å². The van der Waals surface area contributed by atoms with Crippen molar-refractivity contribution >= 4 is 16.9 Å². The van der Waals surface area contributed by atoms with Gasteiger partial charge in [0.1, 0.15) is 0 Å². The second-order valence-corrected chi connectivity index (χ2v) is 6.60. The summed E-state index contributed by atoms with van der Waals surface area (Å²) in [6, 6.07) is 12.3. The summed E-state index contributed by atoms with van der Waals surface area (Å²) in [5, 5.41) is 8.40. The third kappa shape index (κ3) is 3.71. The van der Waals surface area contributed by atoms with E-state index in [0.717, 1.165) is 35.3 Å². The average molecular weight is 336 g/mol. The molecule has 1 aromatic carbocycles. The molecule has 0 fully saturated rings. The molecule has 0 saturated heterocycles. The van der Waals surface area contributed by atoms with Gasteiger partial charge in [0.15, 0.2) is 5.65 Å². The third-order valence-corrected chi connectivity index (χ3v) is 4.52. The van der Waals surface area contributed by atoms with Crippen LogP contribution in [-0.2, 0) is 13.5 Å². The van der Waals surface area contributed by atoms with Crippen molar-refractivity contribution in [2.24, 2.45) is 7.05 Å². The maximum Gasteiger partial charge on any atom is 0.253 e. The number of carbonyl (C=O) groups is 1. The first-order valence-corrected chi connectivity index (χ1v) is 8.61. The van der Waals surface area contributed by atoms with Crippen molar-refractivity contribution in [3.63, 3.8) is 0 Å². The molecule has 25 heavy (non-hydrogen) atoms. The number of aromatic nitrogens is 3. The normalized spacial score (nSPS) is 12.3. The Labute approximate surface area is 148 Å². The van der Waals surface area contributed by atoms with Crippen molar-refractivity contribution < 1.29 is 4.79 Å². The SMILES string of the molecule is Cc1nc2c(cc1C(=O)NC(C)CCc1ccccc1)c(C)nn2C. The van der Waals surface area contributed by atoms with Crippen molar-refractivity contribution in [1.82, 2.24) is 20.1 Å². The van der Waals surface area contributed by atoms with Crippen LogP contribution in [0.5, 0.6) is 0 Å². The zero-order valence-corrected chi connectivity index (χ0v) is 15.2. The Kier molecular flexibility index (Phi) is 4.83. The highest BCUT2D eigenvalue weighted by Crippen LogP contribution is 2.19. The molecule has 2 aromatic heterocycles. The molecule has 130 valence electrons. The lowest BCUT2D eigenvalue weighted by Crippen LogP contribution is -2.33. The number of hydrogen-bond acceptors (Lipinski definition) is 3. The average Bonchev–Trinajstić information content (AvgIpc) is 2.86. The van der Waals surface area contributed by atoms with Crippen molar-refractivity contribution in [2.75, 3.05) is 0 Å². The second kappa shape index (κ2) is 7.05. The first-order valence-electron chi connectivity index (χ1n) is 8.61. The molecule has 2 heterocycles. The lowest BCUT2D eigenvalue weighted by molar-refractivity contribution is 0.0937. The van der Waals surface area contributed by atoms with Crippen molar-refractivity contribution in [2.45, 2.75) is 39.7 Å². The number of benzene rings is 1. The molecule has 5 nitrogen and oxygen atoms in total. The largest absolute Gasteiger partial charge is 0.350 e. The second-order valence-electron chi connectivity index (χ2n) is 6.60. The highest BCUT2D eigenvalue weighted by Gasteiger charge is 2.16. The maximum absolute atomic E-state index is 12.7. The van der Waals surface area contributed by atoms with E-state index in [0.29, 0.717) is 5.56 Å². The Balaban J connectivity index is 1.71. The molecule has 0 spiro atoms. The fourth-order valence-corrected chi connectivity index (χ4v) is 3.06. The minimum Gasteiger partial charge on any atom is -0.350 e. The highest BCUT2D eigenvalue weighted by molar-refractivity contribution is 5.98. The molecule has 3 rings (SSSR count). The van der Waals surface area contributed by atoms with Crippen molar-refractivity contribution in [3.05, 3.63) is 58.9 Å². The summed E-state index contributed by atoms with van der Waals surface area (Å²) < 4.78 is 1.75. The number of fused-ring (bicyclic) bond motifs is 1. The number of pyridine rings is 1. The van der Waals surface area contributed by atoms with Gasteiger partial charge in [-0.2, -0.15) is 5.10 Å². The first-order chi connectivity index (χ1) is 12.0. The van der Waals surface area contributed by atoms with Crippen LogP contribution in [0.15, 0.2) is 36.4 Å². The van der Waals surface area contributed by atoms with E-state index in [9.17, 15) is 4.79 Å². The van der Waals surface area contributed by atoms with Crippen molar-refractivity contribution in [3.8, 4) is 0 Å². The van der Waals surface area contributed by atoms with E-state index in [1.807, 2.05) is 52.1 Å². The molecule has 0 radical (unpaired) electrons. The van der Waals surface area contributed by atoms with Gasteiger partial charge in [-0.05, 0) is 45.2 Å². The molecule has 5 heteroatoms. The Bertz CT molecular complexity index is 899. The summed E-state index contributed by atoms with van der Waals surface area (Å²) in [5.41, 5.74) is 4.33. The van der Waals surface area contributed by atoms with Crippen LogP contribution >= 0.6 is 0 Å². The van der Waals surface area contributed by atoms with Gasteiger partial charge >= 0.3 is 0 Å². The number of hydrogen-bond donors (Lipinski definition) is 1. The van der Waals surface area contributed by atoms with E-state index in [1.165, 1.54) is 5.56 Å². The molecule has 1 amide bonds.